The SMILES string of the molecule is CNC(CCC1CCCCC1)CC1CC2CCC1C2. The van der Waals surface area contributed by atoms with Crippen LogP contribution in [0, 0.1) is 23.7 Å². The zero-order chi connectivity index (χ0) is 13.1. The maximum atomic E-state index is 3.63. The maximum absolute atomic E-state index is 3.63. The van der Waals surface area contributed by atoms with E-state index in [1.165, 1.54) is 51.4 Å². The van der Waals surface area contributed by atoms with E-state index in [9.17, 15) is 0 Å². The normalized spacial score (nSPS) is 36.8. The van der Waals surface area contributed by atoms with Gasteiger partial charge in [-0.3, -0.25) is 0 Å². The van der Waals surface area contributed by atoms with Crippen LogP contribution in [0.4, 0.5) is 0 Å². The molecule has 0 amide bonds. The van der Waals surface area contributed by atoms with Crippen molar-refractivity contribution < 1.29 is 0 Å². The molecule has 0 radical (unpaired) electrons. The van der Waals surface area contributed by atoms with E-state index in [2.05, 4.69) is 12.4 Å². The molecule has 1 N–H and O–H groups in total. The van der Waals surface area contributed by atoms with Crippen molar-refractivity contribution >= 4 is 0 Å². The summed E-state index contributed by atoms with van der Waals surface area (Å²) in [5, 5.41) is 3.63. The Hall–Kier alpha value is -0.0400. The van der Waals surface area contributed by atoms with Gasteiger partial charge in [0.15, 0.2) is 0 Å². The van der Waals surface area contributed by atoms with Gasteiger partial charge in [0.25, 0.3) is 0 Å². The predicted molar refractivity (Wildman–Crippen MR) is 82.2 cm³/mol. The van der Waals surface area contributed by atoms with E-state index >= 15 is 0 Å². The van der Waals surface area contributed by atoms with Crippen molar-refractivity contribution in [3.63, 3.8) is 0 Å². The molecule has 4 unspecified atom stereocenters. The van der Waals surface area contributed by atoms with Crippen LogP contribution in [0.15, 0.2) is 0 Å². The summed E-state index contributed by atoms with van der Waals surface area (Å²) < 4.78 is 0. The van der Waals surface area contributed by atoms with Crippen molar-refractivity contribution in [2.45, 2.75) is 83.1 Å². The van der Waals surface area contributed by atoms with Gasteiger partial charge in [-0.25, -0.2) is 0 Å². The lowest BCUT2D eigenvalue weighted by Gasteiger charge is -2.28. The molecule has 19 heavy (non-hydrogen) atoms. The number of fused-ring (bicyclic) bond motifs is 2. The van der Waals surface area contributed by atoms with Crippen LogP contribution < -0.4 is 5.32 Å². The van der Waals surface area contributed by atoms with E-state index in [-0.39, 0.29) is 0 Å². The summed E-state index contributed by atoms with van der Waals surface area (Å²) >= 11 is 0. The highest BCUT2D eigenvalue weighted by atomic mass is 14.9. The van der Waals surface area contributed by atoms with Gasteiger partial charge in [-0.2, -0.15) is 0 Å². The third-order valence-corrected chi connectivity index (χ3v) is 6.53. The Morgan fingerprint density at radius 3 is 2.47 bits per heavy atom. The Kier molecular flexibility index (Phi) is 4.84. The van der Waals surface area contributed by atoms with Crippen LogP contribution in [-0.4, -0.2) is 13.1 Å². The smallest absolute Gasteiger partial charge is 0.00669 e. The van der Waals surface area contributed by atoms with Gasteiger partial charge in [-0.05, 0) is 69.2 Å². The fraction of sp³-hybridized carbons (Fsp3) is 1.00. The van der Waals surface area contributed by atoms with Crippen LogP contribution >= 0.6 is 0 Å². The molecular formula is C18H33N. The first kappa shape index (κ1) is 13.9. The zero-order valence-corrected chi connectivity index (χ0v) is 12.9. The summed E-state index contributed by atoms with van der Waals surface area (Å²) in [7, 11) is 2.19. The number of hydrogen-bond donors (Lipinski definition) is 1. The van der Waals surface area contributed by atoms with Crippen molar-refractivity contribution in [2.24, 2.45) is 23.7 Å². The second-order valence-corrected chi connectivity index (χ2v) is 7.74. The van der Waals surface area contributed by atoms with Crippen LogP contribution in [0.1, 0.15) is 77.0 Å². The lowest BCUT2D eigenvalue weighted by atomic mass is 9.81. The third kappa shape index (κ3) is 3.54. The minimum atomic E-state index is 0.811. The van der Waals surface area contributed by atoms with Crippen LogP contribution in [-0.2, 0) is 0 Å². The Labute approximate surface area is 119 Å². The zero-order valence-electron chi connectivity index (χ0n) is 12.9. The van der Waals surface area contributed by atoms with E-state index in [0.29, 0.717) is 0 Å². The average Bonchev–Trinajstić information content (AvgIpc) is 3.07. The summed E-state index contributed by atoms with van der Waals surface area (Å²) in [6, 6.07) is 0.811. The van der Waals surface area contributed by atoms with Crippen molar-refractivity contribution in [1.82, 2.24) is 5.32 Å². The second kappa shape index (κ2) is 6.61. The molecule has 3 rings (SSSR count). The van der Waals surface area contributed by atoms with Crippen LogP contribution in [0.2, 0.25) is 0 Å². The topological polar surface area (TPSA) is 12.0 Å². The number of rotatable bonds is 6. The van der Waals surface area contributed by atoms with E-state index < -0.39 is 0 Å². The number of hydrogen-bond acceptors (Lipinski definition) is 1. The molecular weight excluding hydrogens is 230 g/mol. The Balaban J connectivity index is 1.40. The lowest BCUT2D eigenvalue weighted by Crippen LogP contribution is -2.30. The molecule has 0 aromatic carbocycles. The fourth-order valence-corrected chi connectivity index (χ4v) is 5.32. The van der Waals surface area contributed by atoms with Gasteiger partial charge in [-0.1, -0.05) is 38.5 Å². The van der Waals surface area contributed by atoms with Crippen molar-refractivity contribution in [3.05, 3.63) is 0 Å². The third-order valence-electron chi connectivity index (χ3n) is 6.53. The molecule has 0 spiro atoms. The molecule has 1 nitrogen and oxygen atoms in total. The first-order valence-electron chi connectivity index (χ1n) is 9.02. The minimum Gasteiger partial charge on any atom is -0.317 e. The lowest BCUT2D eigenvalue weighted by molar-refractivity contribution is 0.258. The van der Waals surface area contributed by atoms with Crippen molar-refractivity contribution in [2.75, 3.05) is 7.05 Å². The van der Waals surface area contributed by atoms with Gasteiger partial charge in [0, 0.05) is 6.04 Å². The largest absolute Gasteiger partial charge is 0.317 e. The first-order chi connectivity index (χ1) is 9.35. The summed E-state index contributed by atoms with van der Waals surface area (Å²) in [5.41, 5.74) is 0. The minimum absolute atomic E-state index is 0.811. The highest BCUT2D eigenvalue weighted by Gasteiger charge is 2.39. The molecule has 2 bridgehead atoms. The first-order valence-corrected chi connectivity index (χ1v) is 9.02. The van der Waals surface area contributed by atoms with E-state index in [1.54, 1.807) is 25.7 Å². The van der Waals surface area contributed by atoms with Crippen LogP contribution in [0.3, 0.4) is 0 Å². The van der Waals surface area contributed by atoms with Gasteiger partial charge >= 0.3 is 0 Å². The monoisotopic (exact) mass is 263 g/mol. The highest BCUT2D eigenvalue weighted by Crippen LogP contribution is 2.50. The highest BCUT2D eigenvalue weighted by molar-refractivity contribution is 4.91. The van der Waals surface area contributed by atoms with Crippen molar-refractivity contribution in [1.29, 1.82) is 0 Å². The standard InChI is InChI=1S/C18H33N/c1-19-18(10-8-14-5-3-2-4-6-14)13-17-12-15-7-9-16(17)11-15/h14-19H,2-13H2,1H3. The van der Waals surface area contributed by atoms with Crippen molar-refractivity contribution in [3.8, 4) is 0 Å². The molecule has 0 saturated heterocycles. The molecule has 3 aliphatic rings. The summed E-state index contributed by atoms with van der Waals surface area (Å²) in [4.78, 5) is 0. The Morgan fingerprint density at radius 1 is 1.00 bits per heavy atom. The summed E-state index contributed by atoms with van der Waals surface area (Å²) in [5.74, 6) is 4.36. The van der Waals surface area contributed by atoms with Gasteiger partial charge in [0.1, 0.15) is 0 Å². The van der Waals surface area contributed by atoms with E-state index in [0.717, 1.165) is 29.7 Å². The number of nitrogens with one attached hydrogen (secondary N) is 1. The van der Waals surface area contributed by atoms with Gasteiger partial charge < -0.3 is 5.32 Å². The summed E-state index contributed by atoms with van der Waals surface area (Å²) in [6.45, 7) is 0. The molecule has 110 valence electrons. The molecule has 0 heterocycles. The predicted octanol–water partition coefficient (Wildman–Crippen LogP) is 4.76. The van der Waals surface area contributed by atoms with E-state index in [1.807, 2.05) is 0 Å². The molecule has 0 aliphatic heterocycles. The van der Waals surface area contributed by atoms with Gasteiger partial charge in [0.05, 0.1) is 0 Å². The molecule has 3 fully saturated rings. The average molecular weight is 263 g/mol. The molecule has 3 saturated carbocycles. The van der Waals surface area contributed by atoms with Crippen LogP contribution in [0.25, 0.3) is 0 Å². The van der Waals surface area contributed by atoms with Gasteiger partial charge in [-0.15, -0.1) is 0 Å². The Bertz CT molecular complexity index is 269. The maximum Gasteiger partial charge on any atom is 0.00669 e. The molecule has 1 heteroatoms. The molecule has 3 aliphatic carbocycles. The summed E-state index contributed by atoms with van der Waals surface area (Å²) in [6.07, 6.45) is 18.2. The van der Waals surface area contributed by atoms with Gasteiger partial charge in [0.2, 0.25) is 0 Å². The van der Waals surface area contributed by atoms with Crippen LogP contribution in [0.5, 0.6) is 0 Å². The molecule has 0 aromatic heterocycles. The molecule has 4 atom stereocenters. The van der Waals surface area contributed by atoms with E-state index in [4.69, 9.17) is 0 Å². The Morgan fingerprint density at radius 2 is 1.84 bits per heavy atom. The quantitative estimate of drug-likeness (QED) is 0.728. The second-order valence-electron chi connectivity index (χ2n) is 7.74. The fourth-order valence-electron chi connectivity index (χ4n) is 5.32. The molecule has 0 aromatic rings.